The minimum absolute atomic E-state index is 0.00733. The lowest BCUT2D eigenvalue weighted by Gasteiger charge is -2.36. The van der Waals surface area contributed by atoms with Crippen molar-refractivity contribution in [1.82, 2.24) is 20.4 Å². The highest BCUT2D eigenvalue weighted by Gasteiger charge is 2.51. The fraction of sp³-hybridized carbons (Fsp3) is 0.824. The molecule has 1 aromatic rings. The molecule has 2 amide bonds. The molecule has 3 rings (SSSR count). The summed E-state index contributed by atoms with van der Waals surface area (Å²) in [6.07, 6.45) is 2.84. The highest BCUT2D eigenvalue weighted by Crippen LogP contribution is 2.49. The number of hydrogen-bond donors (Lipinski definition) is 1. The number of ether oxygens (including phenoxy) is 1. The molecule has 0 aromatic carbocycles. The Morgan fingerprint density at radius 1 is 1.42 bits per heavy atom. The Labute approximate surface area is 143 Å². The molecule has 134 valence electrons. The minimum atomic E-state index is -0.00733. The third kappa shape index (κ3) is 3.55. The van der Waals surface area contributed by atoms with E-state index in [9.17, 15) is 4.79 Å². The Morgan fingerprint density at radius 3 is 2.79 bits per heavy atom. The van der Waals surface area contributed by atoms with E-state index in [-0.39, 0.29) is 17.4 Å². The molecular formula is C17H28N4O3. The number of aromatic nitrogens is 2. The summed E-state index contributed by atoms with van der Waals surface area (Å²) in [5.41, 5.74) is -0.00733. The van der Waals surface area contributed by atoms with E-state index in [2.05, 4.69) is 29.3 Å². The van der Waals surface area contributed by atoms with Crippen LogP contribution in [0.3, 0.4) is 0 Å². The summed E-state index contributed by atoms with van der Waals surface area (Å²) < 4.78 is 11.0. The smallest absolute Gasteiger partial charge is 0.317 e. The topological polar surface area (TPSA) is 80.5 Å². The van der Waals surface area contributed by atoms with Crippen LogP contribution in [-0.2, 0) is 4.74 Å². The maximum atomic E-state index is 12.6. The second-order valence-corrected chi connectivity index (χ2v) is 7.50. The lowest BCUT2D eigenvalue weighted by Crippen LogP contribution is -2.41. The van der Waals surface area contributed by atoms with Gasteiger partial charge in [0.2, 0.25) is 5.89 Å². The molecule has 0 radical (unpaired) electrons. The highest BCUT2D eigenvalue weighted by molar-refractivity contribution is 5.74. The quantitative estimate of drug-likeness (QED) is 0.913. The van der Waals surface area contributed by atoms with Crippen LogP contribution >= 0.6 is 0 Å². The summed E-state index contributed by atoms with van der Waals surface area (Å²) >= 11 is 0. The Morgan fingerprint density at radius 2 is 2.17 bits per heavy atom. The number of rotatable bonds is 4. The Kier molecular flexibility index (Phi) is 5.08. The number of nitrogens with one attached hydrogen (secondary N) is 1. The number of hydrogen-bond acceptors (Lipinski definition) is 5. The largest absolute Gasteiger partial charge is 0.381 e. The minimum Gasteiger partial charge on any atom is -0.381 e. The van der Waals surface area contributed by atoms with Gasteiger partial charge in [0.1, 0.15) is 0 Å². The van der Waals surface area contributed by atoms with Crippen molar-refractivity contribution in [3.05, 3.63) is 11.7 Å². The number of carbonyl (C=O) groups is 1. The first-order valence-electron chi connectivity index (χ1n) is 8.91. The molecular weight excluding hydrogens is 308 g/mol. The fourth-order valence-electron chi connectivity index (χ4n) is 3.78. The van der Waals surface area contributed by atoms with Gasteiger partial charge in [-0.15, -0.1) is 0 Å². The lowest BCUT2D eigenvalue weighted by atomic mass is 9.72. The molecule has 2 fully saturated rings. The van der Waals surface area contributed by atoms with E-state index in [0.717, 1.165) is 39.0 Å². The van der Waals surface area contributed by atoms with Crippen molar-refractivity contribution in [1.29, 1.82) is 0 Å². The maximum Gasteiger partial charge on any atom is 0.317 e. The molecule has 2 aliphatic rings. The standard InChI is InChI=1S/C17H28N4O3/c1-12(2)4-7-18-16(22)21-10-14(15-19-13(3)20-24-15)17(11-21)5-8-23-9-6-17/h12,14H,4-11H2,1-3H3,(H,18,22). The molecule has 1 N–H and O–H groups in total. The van der Waals surface area contributed by atoms with Crippen LogP contribution in [0.1, 0.15) is 50.7 Å². The van der Waals surface area contributed by atoms with Gasteiger partial charge in [-0.25, -0.2) is 4.79 Å². The molecule has 0 saturated carbocycles. The molecule has 0 bridgehead atoms. The summed E-state index contributed by atoms with van der Waals surface area (Å²) in [6, 6.07) is 0.0141. The van der Waals surface area contributed by atoms with Gasteiger partial charge in [-0.05, 0) is 32.1 Å². The van der Waals surface area contributed by atoms with Crippen LogP contribution in [0.2, 0.25) is 0 Å². The van der Waals surface area contributed by atoms with E-state index in [1.54, 1.807) is 0 Å². The molecule has 3 heterocycles. The van der Waals surface area contributed by atoms with E-state index in [0.29, 0.717) is 30.7 Å². The summed E-state index contributed by atoms with van der Waals surface area (Å²) in [6.45, 7) is 9.69. The van der Waals surface area contributed by atoms with E-state index < -0.39 is 0 Å². The molecule has 7 nitrogen and oxygen atoms in total. The van der Waals surface area contributed by atoms with E-state index >= 15 is 0 Å². The molecule has 7 heteroatoms. The molecule has 1 spiro atoms. The van der Waals surface area contributed by atoms with Gasteiger partial charge in [0, 0.05) is 38.3 Å². The zero-order valence-corrected chi connectivity index (χ0v) is 14.9. The first-order chi connectivity index (χ1) is 11.5. The Hall–Kier alpha value is -1.63. The zero-order valence-electron chi connectivity index (χ0n) is 14.9. The summed E-state index contributed by atoms with van der Waals surface area (Å²) in [5, 5.41) is 6.99. The average Bonchev–Trinajstić information content (AvgIpc) is 3.12. The van der Waals surface area contributed by atoms with Gasteiger partial charge < -0.3 is 19.5 Å². The summed E-state index contributed by atoms with van der Waals surface area (Å²) in [7, 11) is 0. The summed E-state index contributed by atoms with van der Waals surface area (Å²) in [4.78, 5) is 18.9. The zero-order chi connectivity index (χ0) is 17.2. The Bertz CT molecular complexity index is 566. The van der Waals surface area contributed by atoms with Crippen LogP contribution in [0.15, 0.2) is 4.52 Å². The van der Waals surface area contributed by atoms with E-state index in [4.69, 9.17) is 9.26 Å². The molecule has 2 saturated heterocycles. The van der Waals surface area contributed by atoms with Crippen LogP contribution in [0.25, 0.3) is 0 Å². The maximum absolute atomic E-state index is 12.6. The Balaban J connectivity index is 1.71. The third-order valence-electron chi connectivity index (χ3n) is 5.26. The number of amides is 2. The number of nitrogens with zero attached hydrogens (tertiary/aromatic N) is 3. The second kappa shape index (κ2) is 7.09. The van der Waals surface area contributed by atoms with Crippen LogP contribution in [-0.4, -0.2) is 53.9 Å². The van der Waals surface area contributed by atoms with Crippen LogP contribution in [0, 0.1) is 18.3 Å². The normalized spacial score (nSPS) is 23.2. The van der Waals surface area contributed by atoms with Gasteiger partial charge in [-0.2, -0.15) is 4.98 Å². The molecule has 0 aliphatic carbocycles. The monoisotopic (exact) mass is 336 g/mol. The van der Waals surface area contributed by atoms with E-state index in [1.165, 1.54) is 0 Å². The van der Waals surface area contributed by atoms with Crippen LogP contribution in [0.4, 0.5) is 4.79 Å². The number of carbonyl (C=O) groups excluding carboxylic acids is 1. The number of aryl methyl sites for hydroxylation is 1. The molecule has 1 aromatic heterocycles. The number of urea groups is 1. The molecule has 1 unspecified atom stereocenters. The van der Waals surface area contributed by atoms with Gasteiger partial charge in [0.25, 0.3) is 0 Å². The van der Waals surface area contributed by atoms with Crippen molar-refractivity contribution < 1.29 is 14.1 Å². The first kappa shape index (κ1) is 17.2. The van der Waals surface area contributed by atoms with Gasteiger partial charge in [0.15, 0.2) is 5.82 Å². The third-order valence-corrected chi connectivity index (χ3v) is 5.26. The highest BCUT2D eigenvalue weighted by atomic mass is 16.5. The van der Waals surface area contributed by atoms with Crippen molar-refractivity contribution in [3.8, 4) is 0 Å². The van der Waals surface area contributed by atoms with Gasteiger partial charge >= 0.3 is 6.03 Å². The van der Waals surface area contributed by atoms with Crippen LogP contribution in [0.5, 0.6) is 0 Å². The molecule has 2 aliphatic heterocycles. The van der Waals surface area contributed by atoms with Gasteiger partial charge in [-0.3, -0.25) is 0 Å². The van der Waals surface area contributed by atoms with E-state index in [1.807, 2.05) is 11.8 Å². The van der Waals surface area contributed by atoms with Gasteiger partial charge in [-0.1, -0.05) is 19.0 Å². The van der Waals surface area contributed by atoms with Crippen molar-refractivity contribution >= 4 is 6.03 Å². The second-order valence-electron chi connectivity index (χ2n) is 7.50. The predicted octanol–water partition coefficient (Wildman–Crippen LogP) is 2.33. The predicted molar refractivity (Wildman–Crippen MR) is 88.7 cm³/mol. The van der Waals surface area contributed by atoms with Crippen molar-refractivity contribution in [2.45, 2.75) is 46.0 Å². The molecule has 1 atom stereocenters. The summed E-state index contributed by atoms with van der Waals surface area (Å²) in [5.74, 6) is 1.98. The SMILES string of the molecule is Cc1noc(C2CN(C(=O)NCCC(C)C)CC23CCOCC3)n1. The average molecular weight is 336 g/mol. The van der Waals surface area contributed by atoms with Crippen molar-refractivity contribution in [2.24, 2.45) is 11.3 Å². The first-order valence-corrected chi connectivity index (χ1v) is 8.91. The van der Waals surface area contributed by atoms with Gasteiger partial charge in [0.05, 0.1) is 5.92 Å². The fourth-order valence-corrected chi connectivity index (χ4v) is 3.78. The molecule has 24 heavy (non-hydrogen) atoms. The van der Waals surface area contributed by atoms with Crippen molar-refractivity contribution in [2.75, 3.05) is 32.8 Å². The van der Waals surface area contributed by atoms with Crippen molar-refractivity contribution in [3.63, 3.8) is 0 Å². The number of likely N-dealkylation sites (tertiary alicyclic amines) is 1. The van der Waals surface area contributed by atoms with Crippen LogP contribution < -0.4 is 5.32 Å². The lowest BCUT2D eigenvalue weighted by molar-refractivity contribution is 0.00943.